The standard InChI is InChI=1S/C11H12N2OS/c1-3-8-4-5-10(15-8)11(14)9-6-7-12-13(9)2/h4-7H,3H2,1-2H3. The van der Waals surface area contributed by atoms with Gasteiger partial charge in [0.05, 0.1) is 4.88 Å². The van der Waals surface area contributed by atoms with Gasteiger partial charge in [-0.05, 0) is 24.6 Å². The number of aromatic nitrogens is 2. The Kier molecular flexibility index (Phi) is 2.68. The van der Waals surface area contributed by atoms with E-state index in [9.17, 15) is 4.79 Å². The van der Waals surface area contributed by atoms with Gasteiger partial charge in [0.25, 0.3) is 0 Å². The number of hydrogen-bond donors (Lipinski definition) is 0. The van der Waals surface area contributed by atoms with Crippen molar-refractivity contribution < 1.29 is 4.79 Å². The average molecular weight is 220 g/mol. The fourth-order valence-electron chi connectivity index (χ4n) is 1.41. The number of aryl methyl sites for hydroxylation is 2. The third-order valence-electron chi connectivity index (χ3n) is 2.29. The largest absolute Gasteiger partial charge is 0.286 e. The van der Waals surface area contributed by atoms with Crippen molar-refractivity contribution in [2.24, 2.45) is 7.05 Å². The fourth-order valence-corrected chi connectivity index (χ4v) is 2.31. The van der Waals surface area contributed by atoms with Crippen molar-refractivity contribution in [1.82, 2.24) is 9.78 Å². The summed E-state index contributed by atoms with van der Waals surface area (Å²) < 4.78 is 1.60. The summed E-state index contributed by atoms with van der Waals surface area (Å²) in [7, 11) is 1.78. The lowest BCUT2D eigenvalue weighted by Gasteiger charge is -1.97. The maximum Gasteiger partial charge on any atom is 0.220 e. The van der Waals surface area contributed by atoms with Gasteiger partial charge in [0.15, 0.2) is 0 Å². The van der Waals surface area contributed by atoms with E-state index >= 15 is 0 Å². The maximum absolute atomic E-state index is 12.0. The van der Waals surface area contributed by atoms with E-state index < -0.39 is 0 Å². The molecule has 2 rings (SSSR count). The molecule has 0 N–H and O–H groups in total. The van der Waals surface area contributed by atoms with Crippen molar-refractivity contribution in [2.45, 2.75) is 13.3 Å². The molecule has 2 aromatic heterocycles. The van der Waals surface area contributed by atoms with Gasteiger partial charge >= 0.3 is 0 Å². The van der Waals surface area contributed by atoms with Crippen molar-refractivity contribution in [2.75, 3.05) is 0 Å². The summed E-state index contributed by atoms with van der Waals surface area (Å²) in [4.78, 5) is 14.0. The van der Waals surface area contributed by atoms with Crippen LogP contribution in [0.3, 0.4) is 0 Å². The SMILES string of the molecule is CCc1ccc(C(=O)c2ccnn2C)s1. The monoisotopic (exact) mass is 220 g/mol. The maximum atomic E-state index is 12.0. The fraction of sp³-hybridized carbons (Fsp3) is 0.273. The van der Waals surface area contributed by atoms with E-state index in [-0.39, 0.29) is 5.78 Å². The van der Waals surface area contributed by atoms with Gasteiger partial charge in [-0.3, -0.25) is 9.48 Å². The summed E-state index contributed by atoms with van der Waals surface area (Å²) in [6.45, 7) is 2.09. The summed E-state index contributed by atoms with van der Waals surface area (Å²) in [5.74, 6) is 0.0553. The molecule has 78 valence electrons. The molecule has 0 bridgehead atoms. The molecule has 2 aromatic rings. The zero-order valence-corrected chi connectivity index (χ0v) is 9.54. The Morgan fingerprint density at radius 3 is 2.80 bits per heavy atom. The van der Waals surface area contributed by atoms with Crippen LogP contribution in [0.5, 0.6) is 0 Å². The molecule has 0 unspecified atom stereocenters. The van der Waals surface area contributed by atoms with Gasteiger partial charge in [0.1, 0.15) is 5.69 Å². The van der Waals surface area contributed by atoms with Gasteiger partial charge in [-0.15, -0.1) is 11.3 Å². The number of hydrogen-bond acceptors (Lipinski definition) is 3. The molecule has 0 aliphatic heterocycles. The van der Waals surface area contributed by atoms with Gasteiger partial charge in [-0.2, -0.15) is 5.10 Å². The zero-order valence-electron chi connectivity index (χ0n) is 8.73. The Bertz CT molecular complexity index is 484. The quantitative estimate of drug-likeness (QED) is 0.744. The summed E-state index contributed by atoms with van der Waals surface area (Å²) in [6, 6.07) is 5.64. The van der Waals surface area contributed by atoms with Crippen molar-refractivity contribution >= 4 is 17.1 Å². The molecule has 0 aliphatic carbocycles. The second-order valence-electron chi connectivity index (χ2n) is 3.29. The van der Waals surface area contributed by atoms with Crippen LogP contribution in [-0.2, 0) is 13.5 Å². The van der Waals surface area contributed by atoms with Crippen molar-refractivity contribution in [3.63, 3.8) is 0 Å². The molecule has 0 radical (unpaired) electrons. The van der Waals surface area contributed by atoms with Crippen LogP contribution in [0.25, 0.3) is 0 Å². The van der Waals surface area contributed by atoms with E-state index in [4.69, 9.17) is 0 Å². The minimum atomic E-state index is 0.0553. The molecular weight excluding hydrogens is 208 g/mol. The summed E-state index contributed by atoms with van der Waals surface area (Å²) in [6.07, 6.45) is 2.62. The van der Waals surface area contributed by atoms with E-state index in [2.05, 4.69) is 12.0 Å². The third-order valence-corrected chi connectivity index (χ3v) is 3.52. The minimum Gasteiger partial charge on any atom is -0.286 e. The smallest absolute Gasteiger partial charge is 0.220 e. The van der Waals surface area contributed by atoms with Gasteiger partial charge in [-0.25, -0.2) is 0 Å². The first-order valence-corrected chi connectivity index (χ1v) is 5.65. The first-order chi connectivity index (χ1) is 7.22. The Morgan fingerprint density at radius 1 is 1.47 bits per heavy atom. The highest BCUT2D eigenvalue weighted by atomic mass is 32.1. The van der Waals surface area contributed by atoms with E-state index in [0.29, 0.717) is 5.69 Å². The molecule has 0 aliphatic rings. The highest BCUT2D eigenvalue weighted by Crippen LogP contribution is 2.19. The lowest BCUT2D eigenvalue weighted by Crippen LogP contribution is -2.06. The second kappa shape index (κ2) is 3.98. The summed E-state index contributed by atoms with van der Waals surface area (Å²) in [5, 5.41) is 3.99. The molecule has 0 aromatic carbocycles. The van der Waals surface area contributed by atoms with Crippen LogP contribution < -0.4 is 0 Å². The van der Waals surface area contributed by atoms with E-state index in [0.717, 1.165) is 11.3 Å². The van der Waals surface area contributed by atoms with Crippen LogP contribution in [0.15, 0.2) is 24.4 Å². The molecule has 0 spiro atoms. The predicted octanol–water partition coefficient (Wildman–Crippen LogP) is 2.28. The van der Waals surface area contributed by atoms with Crippen LogP contribution in [0.1, 0.15) is 27.2 Å². The molecular formula is C11H12N2OS. The summed E-state index contributed by atoms with van der Waals surface area (Å²) >= 11 is 1.56. The topological polar surface area (TPSA) is 34.9 Å². The van der Waals surface area contributed by atoms with Crippen LogP contribution in [0, 0.1) is 0 Å². The van der Waals surface area contributed by atoms with Crippen molar-refractivity contribution in [1.29, 1.82) is 0 Å². The third kappa shape index (κ3) is 1.85. The Morgan fingerprint density at radius 2 is 2.27 bits per heavy atom. The first kappa shape index (κ1) is 10.1. The van der Waals surface area contributed by atoms with Crippen LogP contribution in [0.2, 0.25) is 0 Å². The lowest BCUT2D eigenvalue weighted by atomic mass is 10.2. The van der Waals surface area contributed by atoms with Crippen LogP contribution >= 0.6 is 11.3 Å². The normalized spacial score (nSPS) is 10.5. The van der Waals surface area contributed by atoms with Crippen LogP contribution in [0.4, 0.5) is 0 Å². The van der Waals surface area contributed by atoms with Gasteiger partial charge in [0, 0.05) is 18.1 Å². The molecule has 0 fully saturated rings. The molecule has 0 amide bonds. The summed E-state index contributed by atoms with van der Waals surface area (Å²) in [5.41, 5.74) is 0.638. The zero-order chi connectivity index (χ0) is 10.8. The Hall–Kier alpha value is -1.42. The Balaban J connectivity index is 2.32. The highest BCUT2D eigenvalue weighted by Gasteiger charge is 2.14. The lowest BCUT2D eigenvalue weighted by molar-refractivity contribution is 0.103. The molecule has 0 atom stereocenters. The minimum absolute atomic E-state index is 0.0553. The number of rotatable bonds is 3. The number of carbonyl (C=O) groups excluding carboxylic acids is 1. The number of carbonyl (C=O) groups is 1. The predicted molar refractivity (Wildman–Crippen MR) is 60.3 cm³/mol. The molecule has 15 heavy (non-hydrogen) atoms. The number of thiophene rings is 1. The van der Waals surface area contributed by atoms with E-state index in [1.54, 1.807) is 35.3 Å². The van der Waals surface area contributed by atoms with Crippen molar-refractivity contribution in [3.8, 4) is 0 Å². The molecule has 0 saturated carbocycles. The molecule has 2 heterocycles. The van der Waals surface area contributed by atoms with Gasteiger partial charge < -0.3 is 0 Å². The van der Waals surface area contributed by atoms with Gasteiger partial charge in [-0.1, -0.05) is 6.92 Å². The number of nitrogens with zero attached hydrogens (tertiary/aromatic N) is 2. The molecule has 0 saturated heterocycles. The van der Waals surface area contributed by atoms with Crippen LogP contribution in [-0.4, -0.2) is 15.6 Å². The Labute approximate surface area is 92.4 Å². The number of ketones is 1. The molecule has 3 nitrogen and oxygen atoms in total. The van der Waals surface area contributed by atoms with E-state index in [1.165, 1.54) is 4.88 Å². The van der Waals surface area contributed by atoms with Gasteiger partial charge in [0.2, 0.25) is 5.78 Å². The van der Waals surface area contributed by atoms with E-state index in [1.807, 2.05) is 12.1 Å². The second-order valence-corrected chi connectivity index (χ2v) is 4.46. The highest BCUT2D eigenvalue weighted by molar-refractivity contribution is 7.14. The molecule has 4 heteroatoms. The average Bonchev–Trinajstić information content (AvgIpc) is 2.84. The first-order valence-electron chi connectivity index (χ1n) is 4.83. The van der Waals surface area contributed by atoms with Crippen molar-refractivity contribution in [3.05, 3.63) is 39.8 Å².